The van der Waals surface area contributed by atoms with E-state index < -0.39 is 0 Å². The molecule has 3 heterocycles. The van der Waals surface area contributed by atoms with Crippen molar-refractivity contribution >= 4 is 16.3 Å². The van der Waals surface area contributed by atoms with Gasteiger partial charge in [-0.25, -0.2) is 4.98 Å². The maximum absolute atomic E-state index is 5.83. The molecule has 0 aliphatic rings. The van der Waals surface area contributed by atoms with Gasteiger partial charge in [-0.05, 0) is 18.7 Å². The molecule has 0 saturated carbocycles. The standard InChI is InChI=1S/C16H20N4S/c1-16(2,3)13-10-21-15-19-14(11-6-4-5-9-18-11)12(7-8-17)20(13)15/h4-6,9-10H,7-8,17H2,1-3H3. The van der Waals surface area contributed by atoms with Crippen molar-refractivity contribution in [2.75, 3.05) is 6.54 Å². The van der Waals surface area contributed by atoms with Crippen molar-refractivity contribution in [3.8, 4) is 11.4 Å². The van der Waals surface area contributed by atoms with Crippen LogP contribution >= 0.6 is 11.3 Å². The van der Waals surface area contributed by atoms with Crippen molar-refractivity contribution in [2.45, 2.75) is 32.6 Å². The second-order valence-corrected chi connectivity index (χ2v) is 6.99. The summed E-state index contributed by atoms with van der Waals surface area (Å²) in [5, 5.41) is 2.20. The van der Waals surface area contributed by atoms with E-state index in [9.17, 15) is 0 Å². The Labute approximate surface area is 128 Å². The molecule has 0 aliphatic carbocycles. The van der Waals surface area contributed by atoms with E-state index in [1.54, 1.807) is 17.5 Å². The van der Waals surface area contributed by atoms with Crippen LogP contribution in [0.3, 0.4) is 0 Å². The first-order chi connectivity index (χ1) is 10.0. The van der Waals surface area contributed by atoms with Gasteiger partial charge in [0.05, 0.1) is 11.4 Å². The summed E-state index contributed by atoms with van der Waals surface area (Å²) in [4.78, 5) is 10.3. The van der Waals surface area contributed by atoms with E-state index >= 15 is 0 Å². The average Bonchev–Trinajstić information content (AvgIpc) is 3.00. The van der Waals surface area contributed by atoms with E-state index in [0.717, 1.165) is 28.5 Å². The van der Waals surface area contributed by atoms with Crippen LogP contribution in [0.2, 0.25) is 0 Å². The molecule has 0 fully saturated rings. The Morgan fingerprint density at radius 1 is 1.29 bits per heavy atom. The molecule has 0 aliphatic heterocycles. The van der Waals surface area contributed by atoms with Crippen LogP contribution in [0.5, 0.6) is 0 Å². The number of nitrogens with zero attached hydrogens (tertiary/aromatic N) is 3. The zero-order valence-corrected chi connectivity index (χ0v) is 13.4. The van der Waals surface area contributed by atoms with Gasteiger partial charge in [0.2, 0.25) is 0 Å². The first-order valence-corrected chi connectivity index (χ1v) is 8.01. The number of nitrogens with two attached hydrogens (primary N) is 1. The number of rotatable bonds is 3. The predicted octanol–water partition coefficient (Wildman–Crippen LogP) is 3.26. The van der Waals surface area contributed by atoms with Crippen molar-refractivity contribution in [1.29, 1.82) is 0 Å². The van der Waals surface area contributed by atoms with E-state index in [1.807, 2.05) is 18.2 Å². The largest absolute Gasteiger partial charge is 0.330 e. The lowest BCUT2D eigenvalue weighted by Gasteiger charge is -2.18. The molecule has 4 nitrogen and oxygen atoms in total. The molecule has 0 amide bonds. The van der Waals surface area contributed by atoms with Crippen LogP contribution in [0, 0.1) is 0 Å². The molecule has 0 radical (unpaired) electrons. The van der Waals surface area contributed by atoms with Crippen molar-refractivity contribution < 1.29 is 0 Å². The summed E-state index contributed by atoms with van der Waals surface area (Å²) in [6, 6.07) is 5.92. The van der Waals surface area contributed by atoms with Crippen molar-refractivity contribution in [2.24, 2.45) is 5.73 Å². The third kappa shape index (κ3) is 2.47. The zero-order chi connectivity index (χ0) is 15.0. The Hall–Kier alpha value is -1.72. The number of hydrogen-bond acceptors (Lipinski definition) is 4. The first kappa shape index (κ1) is 14.2. The fraction of sp³-hybridized carbons (Fsp3) is 0.375. The third-order valence-electron chi connectivity index (χ3n) is 3.52. The number of imidazole rings is 1. The van der Waals surface area contributed by atoms with Crippen molar-refractivity contribution in [3.05, 3.63) is 41.2 Å². The van der Waals surface area contributed by atoms with Crippen LogP contribution in [0.4, 0.5) is 0 Å². The number of hydrogen-bond donors (Lipinski definition) is 1. The molecule has 2 N–H and O–H groups in total. The maximum Gasteiger partial charge on any atom is 0.194 e. The van der Waals surface area contributed by atoms with E-state index in [4.69, 9.17) is 10.7 Å². The third-order valence-corrected chi connectivity index (χ3v) is 4.34. The summed E-state index contributed by atoms with van der Waals surface area (Å²) in [6.07, 6.45) is 2.60. The van der Waals surface area contributed by atoms with Gasteiger partial charge in [-0.2, -0.15) is 0 Å². The summed E-state index contributed by atoms with van der Waals surface area (Å²) in [6.45, 7) is 7.27. The highest BCUT2D eigenvalue weighted by molar-refractivity contribution is 7.15. The molecular weight excluding hydrogens is 280 g/mol. The zero-order valence-electron chi connectivity index (χ0n) is 12.6. The van der Waals surface area contributed by atoms with E-state index in [0.29, 0.717) is 6.54 Å². The molecule has 21 heavy (non-hydrogen) atoms. The second-order valence-electron chi connectivity index (χ2n) is 6.15. The van der Waals surface area contributed by atoms with Crippen molar-refractivity contribution in [1.82, 2.24) is 14.4 Å². The van der Waals surface area contributed by atoms with Crippen LogP contribution in [0.25, 0.3) is 16.3 Å². The predicted molar refractivity (Wildman–Crippen MR) is 87.8 cm³/mol. The molecule has 0 bridgehead atoms. The van der Waals surface area contributed by atoms with Gasteiger partial charge in [0.15, 0.2) is 4.96 Å². The highest BCUT2D eigenvalue weighted by Gasteiger charge is 2.24. The van der Waals surface area contributed by atoms with Gasteiger partial charge in [0, 0.05) is 29.1 Å². The lowest BCUT2D eigenvalue weighted by Crippen LogP contribution is -2.16. The Morgan fingerprint density at radius 2 is 2.10 bits per heavy atom. The minimum atomic E-state index is 0.0731. The normalized spacial score (nSPS) is 12.2. The van der Waals surface area contributed by atoms with Crippen LogP contribution < -0.4 is 5.73 Å². The molecule has 0 unspecified atom stereocenters. The summed E-state index contributed by atoms with van der Waals surface area (Å²) in [5.41, 5.74) is 10.2. The SMILES string of the molecule is CC(C)(C)c1csc2nc(-c3ccccn3)c(CCN)n12. The van der Waals surface area contributed by atoms with Gasteiger partial charge in [-0.15, -0.1) is 11.3 Å². The molecule has 3 rings (SSSR count). The van der Waals surface area contributed by atoms with Gasteiger partial charge < -0.3 is 5.73 Å². The number of thiazole rings is 1. The summed E-state index contributed by atoms with van der Waals surface area (Å²) in [5.74, 6) is 0. The monoisotopic (exact) mass is 300 g/mol. The van der Waals surface area contributed by atoms with Crippen LogP contribution in [-0.2, 0) is 11.8 Å². The average molecular weight is 300 g/mol. The molecule has 0 aromatic carbocycles. The topological polar surface area (TPSA) is 56.2 Å². The lowest BCUT2D eigenvalue weighted by atomic mass is 9.93. The Bertz CT molecular complexity index is 750. The molecule has 110 valence electrons. The van der Waals surface area contributed by atoms with E-state index in [-0.39, 0.29) is 5.41 Å². The van der Waals surface area contributed by atoms with Crippen LogP contribution in [0.1, 0.15) is 32.2 Å². The minimum Gasteiger partial charge on any atom is -0.330 e. The molecule has 0 saturated heterocycles. The van der Waals surface area contributed by atoms with Gasteiger partial charge in [-0.1, -0.05) is 26.8 Å². The van der Waals surface area contributed by atoms with E-state index in [1.165, 1.54) is 5.69 Å². The summed E-state index contributed by atoms with van der Waals surface area (Å²) < 4.78 is 2.27. The van der Waals surface area contributed by atoms with Crippen LogP contribution in [-0.4, -0.2) is 20.9 Å². The second kappa shape index (κ2) is 5.24. The van der Waals surface area contributed by atoms with Gasteiger partial charge in [0.25, 0.3) is 0 Å². The molecular formula is C16H20N4S. The van der Waals surface area contributed by atoms with Gasteiger partial charge in [-0.3, -0.25) is 9.38 Å². The Morgan fingerprint density at radius 3 is 2.71 bits per heavy atom. The molecule has 0 spiro atoms. The molecule has 0 atom stereocenters. The van der Waals surface area contributed by atoms with E-state index in [2.05, 4.69) is 35.5 Å². The smallest absolute Gasteiger partial charge is 0.194 e. The maximum atomic E-state index is 5.83. The van der Waals surface area contributed by atoms with Gasteiger partial charge >= 0.3 is 0 Å². The molecule has 5 heteroatoms. The number of aromatic nitrogens is 3. The van der Waals surface area contributed by atoms with Crippen molar-refractivity contribution in [3.63, 3.8) is 0 Å². The fourth-order valence-corrected chi connectivity index (χ4v) is 3.64. The molecule has 3 aromatic rings. The first-order valence-electron chi connectivity index (χ1n) is 7.13. The Balaban J connectivity index is 2.27. The summed E-state index contributed by atoms with van der Waals surface area (Å²) >= 11 is 1.68. The Kier molecular flexibility index (Phi) is 3.55. The highest BCUT2D eigenvalue weighted by atomic mass is 32.1. The number of fused-ring (bicyclic) bond motifs is 1. The fourth-order valence-electron chi connectivity index (χ4n) is 2.51. The highest BCUT2D eigenvalue weighted by Crippen LogP contribution is 2.32. The molecule has 3 aromatic heterocycles. The minimum absolute atomic E-state index is 0.0731. The van der Waals surface area contributed by atoms with Gasteiger partial charge in [0.1, 0.15) is 5.69 Å². The quantitative estimate of drug-likeness (QED) is 0.807. The van der Waals surface area contributed by atoms with Crippen LogP contribution in [0.15, 0.2) is 29.8 Å². The summed E-state index contributed by atoms with van der Waals surface area (Å²) in [7, 11) is 0. The lowest BCUT2D eigenvalue weighted by molar-refractivity contribution is 0.561. The number of pyridine rings is 1.